The van der Waals surface area contributed by atoms with Crippen LogP contribution in [0.5, 0.6) is 11.5 Å². The second kappa shape index (κ2) is 8.74. The molecule has 0 bridgehead atoms. The molecule has 0 spiro atoms. The summed E-state index contributed by atoms with van der Waals surface area (Å²) in [4.78, 5) is 24.6. The molecule has 0 atom stereocenters. The standard InChI is InChI=1S/C19H28N2O4/c1-12(2)20-18(22)13-5-7-14(8-6-13)19(23)21-16-10-9-15(24-3)11-17(16)25-4/h9-14H,5-8H2,1-4H3,(H,20,22)(H,21,23). The summed E-state index contributed by atoms with van der Waals surface area (Å²) >= 11 is 0. The molecule has 6 heteroatoms. The molecule has 0 saturated heterocycles. The van der Waals surface area contributed by atoms with Crippen LogP contribution in [0.2, 0.25) is 0 Å². The molecule has 2 amide bonds. The van der Waals surface area contributed by atoms with E-state index in [1.54, 1.807) is 32.4 Å². The Balaban J connectivity index is 1.92. The molecular weight excluding hydrogens is 320 g/mol. The quantitative estimate of drug-likeness (QED) is 0.829. The van der Waals surface area contributed by atoms with Crippen LogP contribution in [0.1, 0.15) is 39.5 Å². The van der Waals surface area contributed by atoms with Gasteiger partial charge in [0.1, 0.15) is 11.5 Å². The molecule has 0 aliphatic heterocycles. The van der Waals surface area contributed by atoms with E-state index >= 15 is 0 Å². The van der Waals surface area contributed by atoms with E-state index in [4.69, 9.17) is 9.47 Å². The third kappa shape index (κ3) is 5.11. The lowest BCUT2D eigenvalue weighted by Crippen LogP contribution is -2.38. The van der Waals surface area contributed by atoms with Crippen molar-refractivity contribution in [3.8, 4) is 11.5 Å². The predicted molar refractivity (Wildman–Crippen MR) is 96.9 cm³/mol. The van der Waals surface area contributed by atoms with Crippen molar-refractivity contribution in [2.75, 3.05) is 19.5 Å². The molecule has 0 heterocycles. The SMILES string of the molecule is COc1ccc(NC(=O)C2CCC(C(=O)NC(C)C)CC2)c(OC)c1. The van der Waals surface area contributed by atoms with Crippen LogP contribution in [0.3, 0.4) is 0 Å². The summed E-state index contributed by atoms with van der Waals surface area (Å²) in [6.07, 6.45) is 2.94. The first-order valence-electron chi connectivity index (χ1n) is 8.77. The van der Waals surface area contributed by atoms with Crippen LogP contribution in [0.25, 0.3) is 0 Å². The highest BCUT2D eigenvalue weighted by Crippen LogP contribution is 2.33. The number of rotatable bonds is 6. The number of hydrogen-bond donors (Lipinski definition) is 2. The van der Waals surface area contributed by atoms with Crippen LogP contribution in [-0.4, -0.2) is 32.1 Å². The molecular formula is C19H28N2O4. The zero-order chi connectivity index (χ0) is 18.4. The van der Waals surface area contributed by atoms with Crippen molar-refractivity contribution in [2.45, 2.75) is 45.6 Å². The fourth-order valence-corrected chi connectivity index (χ4v) is 3.16. The minimum atomic E-state index is -0.0742. The number of ether oxygens (including phenoxy) is 2. The molecule has 1 fully saturated rings. The lowest BCUT2D eigenvalue weighted by Gasteiger charge is -2.27. The van der Waals surface area contributed by atoms with Gasteiger partial charge >= 0.3 is 0 Å². The third-order valence-electron chi connectivity index (χ3n) is 4.57. The third-order valence-corrected chi connectivity index (χ3v) is 4.57. The van der Waals surface area contributed by atoms with E-state index in [1.165, 1.54) is 0 Å². The van der Waals surface area contributed by atoms with Gasteiger partial charge in [-0.1, -0.05) is 0 Å². The number of carbonyl (C=O) groups is 2. The Morgan fingerprint density at radius 3 is 2.12 bits per heavy atom. The molecule has 0 unspecified atom stereocenters. The summed E-state index contributed by atoms with van der Waals surface area (Å²) in [6, 6.07) is 5.45. The number of anilines is 1. The molecule has 1 saturated carbocycles. The van der Waals surface area contributed by atoms with E-state index in [1.807, 2.05) is 13.8 Å². The fraction of sp³-hybridized carbons (Fsp3) is 0.579. The van der Waals surface area contributed by atoms with Crippen LogP contribution in [0, 0.1) is 11.8 Å². The van der Waals surface area contributed by atoms with E-state index in [0.717, 1.165) is 25.7 Å². The van der Waals surface area contributed by atoms with E-state index < -0.39 is 0 Å². The van der Waals surface area contributed by atoms with Gasteiger partial charge < -0.3 is 20.1 Å². The van der Waals surface area contributed by atoms with Crippen LogP contribution in [0.15, 0.2) is 18.2 Å². The second-order valence-corrected chi connectivity index (χ2v) is 6.77. The maximum Gasteiger partial charge on any atom is 0.227 e. The molecule has 2 rings (SSSR count). The number of amides is 2. The fourth-order valence-electron chi connectivity index (χ4n) is 3.16. The highest BCUT2D eigenvalue weighted by atomic mass is 16.5. The van der Waals surface area contributed by atoms with Gasteiger partial charge in [-0.2, -0.15) is 0 Å². The van der Waals surface area contributed by atoms with Crippen LogP contribution in [0.4, 0.5) is 5.69 Å². The summed E-state index contributed by atoms with van der Waals surface area (Å²) in [5.41, 5.74) is 0.632. The molecule has 0 aromatic heterocycles. The number of carbonyl (C=O) groups excluding carboxylic acids is 2. The Labute approximate surface area is 149 Å². The highest BCUT2D eigenvalue weighted by Gasteiger charge is 2.30. The Bertz CT molecular complexity index is 607. The van der Waals surface area contributed by atoms with E-state index in [0.29, 0.717) is 17.2 Å². The van der Waals surface area contributed by atoms with Crippen molar-refractivity contribution in [2.24, 2.45) is 11.8 Å². The van der Waals surface area contributed by atoms with Crippen molar-refractivity contribution in [1.29, 1.82) is 0 Å². The molecule has 6 nitrogen and oxygen atoms in total. The molecule has 1 aliphatic carbocycles. The Morgan fingerprint density at radius 1 is 1.00 bits per heavy atom. The van der Waals surface area contributed by atoms with Crippen LogP contribution in [-0.2, 0) is 9.59 Å². The lowest BCUT2D eigenvalue weighted by atomic mass is 9.81. The molecule has 2 N–H and O–H groups in total. The molecule has 0 radical (unpaired) electrons. The smallest absolute Gasteiger partial charge is 0.227 e. The molecule has 1 aromatic rings. The molecule has 1 aromatic carbocycles. The number of nitrogens with one attached hydrogen (secondary N) is 2. The number of hydrogen-bond acceptors (Lipinski definition) is 4. The monoisotopic (exact) mass is 348 g/mol. The van der Waals surface area contributed by atoms with E-state index in [-0.39, 0.29) is 29.7 Å². The van der Waals surface area contributed by atoms with Gasteiger partial charge in [0.05, 0.1) is 19.9 Å². The minimum Gasteiger partial charge on any atom is -0.497 e. The van der Waals surface area contributed by atoms with E-state index in [2.05, 4.69) is 10.6 Å². The average molecular weight is 348 g/mol. The van der Waals surface area contributed by atoms with Crippen LogP contribution >= 0.6 is 0 Å². The Morgan fingerprint density at radius 2 is 1.60 bits per heavy atom. The van der Waals surface area contributed by atoms with Crippen molar-refractivity contribution < 1.29 is 19.1 Å². The minimum absolute atomic E-state index is 0.0157. The maximum absolute atomic E-state index is 12.5. The van der Waals surface area contributed by atoms with Crippen molar-refractivity contribution in [3.05, 3.63) is 18.2 Å². The normalized spacial score (nSPS) is 20.0. The van der Waals surface area contributed by atoms with Gasteiger partial charge in [0, 0.05) is 23.9 Å². The topological polar surface area (TPSA) is 76.7 Å². The van der Waals surface area contributed by atoms with Crippen LogP contribution < -0.4 is 20.1 Å². The van der Waals surface area contributed by atoms with Gasteiger partial charge in [0.2, 0.25) is 11.8 Å². The number of benzene rings is 1. The van der Waals surface area contributed by atoms with Gasteiger partial charge in [0.25, 0.3) is 0 Å². The largest absolute Gasteiger partial charge is 0.497 e. The second-order valence-electron chi connectivity index (χ2n) is 6.77. The number of methoxy groups -OCH3 is 2. The summed E-state index contributed by atoms with van der Waals surface area (Å²) in [6.45, 7) is 3.92. The highest BCUT2D eigenvalue weighted by molar-refractivity contribution is 5.94. The first-order valence-corrected chi connectivity index (χ1v) is 8.77. The van der Waals surface area contributed by atoms with Crippen molar-refractivity contribution in [3.63, 3.8) is 0 Å². The lowest BCUT2D eigenvalue weighted by molar-refractivity contribution is -0.128. The molecule has 138 valence electrons. The molecule has 25 heavy (non-hydrogen) atoms. The van der Waals surface area contributed by atoms with Gasteiger partial charge in [-0.3, -0.25) is 9.59 Å². The maximum atomic E-state index is 12.5. The Hall–Kier alpha value is -2.24. The predicted octanol–water partition coefficient (Wildman–Crippen LogP) is 2.97. The summed E-state index contributed by atoms with van der Waals surface area (Å²) < 4.78 is 10.5. The average Bonchev–Trinajstić information content (AvgIpc) is 2.61. The van der Waals surface area contributed by atoms with E-state index in [9.17, 15) is 9.59 Å². The van der Waals surface area contributed by atoms with Gasteiger partial charge in [0.15, 0.2) is 0 Å². The molecule has 1 aliphatic rings. The van der Waals surface area contributed by atoms with Crippen molar-refractivity contribution >= 4 is 17.5 Å². The summed E-state index contributed by atoms with van der Waals surface area (Å²) in [7, 11) is 3.14. The first-order chi connectivity index (χ1) is 11.9. The van der Waals surface area contributed by atoms with Gasteiger partial charge in [-0.25, -0.2) is 0 Å². The summed E-state index contributed by atoms with van der Waals surface area (Å²) in [5.74, 6) is 1.26. The summed E-state index contributed by atoms with van der Waals surface area (Å²) in [5, 5.41) is 5.89. The zero-order valence-electron chi connectivity index (χ0n) is 15.4. The zero-order valence-corrected chi connectivity index (χ0v) is 15.4. The first kappa shape index (κ1) is 19.1. The van der Waals surface area contributed by atoms with Gasteiger partial charge in [-0.15, -0.1) is 0 Å². The van der Waals surface area contributed by atoms with Gasteiger partial charge in [-0.05, 0) is 51.7 Å². The Kier molecular flexibility index (Phi) is 6.67. The van der Waals surface area contributed by atoms with Crippen molar-refractivity contribution in [1.82, 2.24) is 5.32 Å².